The summed E-state index contributed by atoms with van der Waals surface area (Å²) in [6.07, 6.45) is 7.11. The number of aryl methyl sites for hydroxylation is 1. The van der Waals surface area contributed by atoms with E-state index in [0.717, 1.165) is 22.9 Å². The van der Waals surface area contributed by atoms with E-state index < -0.39 is 10.0 Å². The number of hydrogen-bond donors (Lipinski definition) is 1. The van der Waals surface area contributed by atoms with Gasteiger partial charge in [0.25, 0.3) is 5.91 Å². The third kappa shape index (κ3) is 4.39. The summed E-state index contributed by atoms with van der Waals surface area (Å²) in [5, 5.41) is 0. The number of carbonyl (C=O) groups excluding carboxylic acids is 1. The van der Waals surface area contributed by atoms with Crippen molar-refractivity contribution in [1.82, 2.24) is 19.2 Å². The van der Waals surface area contributed by atoms with Crippen LogP contribution in [0.3, 0.4) is 0 Å². The van der Waals surface area contributed by atoms with Crippen LogP contribution in [-0.2, 0) is 36.6 Å². The highest BCUT2D eigenvalue weighted by Gasteiger charge is 2.24. The summed E-state index contributed by atoms with van der Waals surface area (Å²) in [6.45, 7) is 1.31. The zero-order chi connectivity index (χ0) is 17.3. The van der Waals surface area contributed by atoms with Gasteiger partial charge in [-0.2, -0.15) is 0 Å². The second-order valence-corrected chi connectivity index (χ2v) is 7.84. The number of nitrogens with zero attached hydrogens (tertiary/aromatic N) is 3. The van der Waals surface area contributed by atoms with Gasteiger partial charge in [-0.3, -0.25) is 9.78 Å². The number of amides is 1. The number of aromatic nitrogens is 2. The average Bonchev–Trinajstić information content (AvgIpc) is 2.97. The van der Waals surface area contributed by atoms with Gasteiger partial charge < -0.3 is 9.47 Å². The lowest BCUT2D eigenvalue weighted by Gasteiger charge is -2.30. The predicted octanol–water partition coefficient (Wildman–Crippen LogP) is 1.09. The molecule has 0 spiro atoms. The van der Waals surface area contributed by atoms with Crippen LogP contribution >= 0.6 is 12.4 Å². The zero-order valence-corrected chi connectivity index (χ0v) is 15.7. The minimum atomic E-state index is -3.25. The maximum absolute atomic E-state index is 12.6. The zero-order valence-electron chi connectivity index (χ0n) is 14.1. The summed E-state index contributed by atoms with van der Waals surface area (Å²) < 4.78 is 26.9. The van der Waals surface area contributed by atoms with Crippen molar-refractivity contribution in [1.29, 1.82) is 0 Å². The van der Waals surface area contributed by atoms with Crippen LogP contribution in [0.25, 0.3) is 0 Å². The van der Waals surface area contributed by atoms with Crippen LogP contribution in [0.5, 0.6) is 0 Å². The highest BCUT2D eigenvalue weighted by molar-refractivity contribution is 7.88. The van der Waals surface area contributed by atoms with Gasteiger partial charge in [-0.25, -0.2) is 13.1 Å². The first kappa shape index (κ1) is 19.4. The molecule has 1 aliphatic heterocycles. The quantitative estimate of drug-likeness (QED) is 0.855. The lowest BCUT2D eigenvalue weighted by atomic mass is 9.97. The number of fused-ring (bicyclic) bond motifs is 1. The molecule has 0 unspecified atom stereocenters. The van der Waals surface area contributed by atoms with Gasteiger partial charge in [-0.15, -0.1) is 12.4 Å². The Bertz CT molecular complexity index is 879. The fourth-order valence-electron chi connectivity index (χ4n) is 2.95. The van der Waals surface area contributed by atoms with Crippen LogP contribution < -0.4 is 4.72 Å². The molecule has 7 nitrogen and oxygen atoms in total. The molecule has 0 fully saturated rings. The SMILES string of the molecule is Cl.Cn1cccc1C(=O)N1CCc2c(CNS(C)(=O)=O)cncc2C1. The Labute approximate surface area is 153 Å². The van der Waals surface area contributed by atoms with Gasteiger partial charge in [0.05, 0.1) is 6.26 Å². The summed E-state index contributed by atoms with van der Waals surface area (Å²) in [5.41, 5.74) is 3.57. The van der Waals surface area contributed by atoms with E-state index in [1.807, 2.05) is 29.9 Å². The second-order valence-electron chi connectivity index (χ2n) is 6.01. The predicted molar refractivity (Wildman–Crippen MR) is 97.0 cm³/mol. The monoisotopic (exact) mass is 384 g/mol. The molecule has 3 heterocycles. The van der Waals surface area contributed by atoms with Gasteiger partial charge >= 0.3 is 0 Å². The van der Waals surface area contributed by atoms with E-state index in [0.29, 0.717) is 25.2 Å². The van der Waals surface area contributed by atoms with Crippen LogP contribution in [0.2, 0.25) is 0 Å². The molecule has 136 valence electrons. The molecule has 2 aromatic heterocycles. The maximum Gasteiger partial charge on any atom is 0.270 e. The van der Waals surface area contributed by atoms with E-state index in [4.69, 9.17) is 0 Å². The van der Waals surface area contributed by atoms with E-state index in [2.05, 4.69) is 9.71 Å². The topological polar surface area (TPSA) is 84.3 Å². The summed E-state index contributed by atoms with van der Waals surface area (Å²) in [6, 6.07) is 3.66. The lowest BCUT2D eigenvalue weighted by molar-refractivity contribution is 0.0724. The van der Waals surface area contributed by atoms with Gasteiger partial charge in [0.2, 0.25) is 10.0 Å². The molecule has 25 heavy (non-hydrogen) atoms. The Hall–Kier alpha value is -1.90. The molecule has 1 amide bonds. The maximum atomic E-state index is 12.6. The molecule has 3 rings (SSSR count). The van der Waals surface area contributed by atoms with E-state index >= 15 is 0 Å². The van der Waals surface area contributed by atoms with Crippen molar-refractivity contribution in [2.75, 3.05) is 12.8 Å². The molecule has 9 heteroatoms. The fraction of sp³-hybridized carbons (Fsp3) is 0.375. The first-order valence-electron chi connectivity index (χ1n) is 7.65. The van der Waals surface area contributed by atoms with E-state index in [9.17, 15) is 13.2 Å². The minimum Gasteiger partial charge on any atom is -0.347 e. The molecule has 1 aliphatic rings. The lowest BCUT2D eigenvalue weighted by Crippen LogP contribution is -2.37. The number of pyridine rings is 1. The number of nitrogens with one attached hydrogen (secondary N) is 1. The molecular formula is C16H21ClN4O3S. The van der Waals surface area contributed by atoms with Crippen molar-refractivity contribution in [3.63, 3.8) is 0 Å². The standard InChI is InChI=1S/C16H20N4O3S.ClH/c1-19-6-3-4-15(19)16(21)20-7-5-14-12(10-18-24(2,22)23)8-17-9-13(14)11-20;/h3-4,6,8-9,18H,5,7,10-11H2,1-2H3;1H. The normalized spacial score (nSPS) is 13.9. The van der Waals surface area contributed by atoms with Crippen molar-refractivity contribution >= 4 is 28.3 Å². The molecule has 0 aromatic carbocycles. The van der Waals surface area contributed by atoms with Crippen LogP contribution in [0.15, 0.2) is 30.7 Å². The van der Waals surface area contributed by atoms with Gasteiger partial charge in [0.1, 0.15) is 5.69 Å². The Morgan fingerprint density at radius 1 is 1.36 bits per heavy atom. The van der Waals surface area contributed by atoms with Crippen LogP contribution in [0, 0.1) is 0 Å². The van der Waals surface area contributed by atoms with Crippen molar-refractivity contribution in [2.24, 2.45) is 7.05 Å². The van der Waals surface area contributed by atoms with Gasteiger partial charge in [-0.1, -0.05) is 0 Å². The minimum absolute atomic E-state index is 0. The van der Waals surface area contributed by atoms with Crippen LogP contribution in [-0.4, -0.2) is 41.6 Å². The van der Waals surface area contributed by atoms with E-state index in [1.54, 1.807) is 17.3 Å². The van der Waals surface area contributed by atoms with Crippen molar-refractivity contribution < 1.29 is 13.2 Å². The molecule has 0 radical (unpaired) electrons. The molecule has 0 aliphatic carbocycles. The summed E-state index contributed by atoms with van der Waals surface area (Å²) in [5.74, 6) is -0.00665. The van der Waals surface area contributed by atoms with Crippen molar-refractivity contribution in [3.05, 3.63) is 53.1 Å². The molecular weight excluding hydrogens is 364 g/mol. The second kappa shape index (κ2) is 7.55. The molecule has 0 saturated carbocycles. The largest absolute Gasteiger partial charge is 0.347 e. The van der Waals surface area contributed by atoms with Crippen LogP contribution in [0.1, 0.15) is 27.2 Å². The highest BCUT2D eigenvalue weighted by Crippen LogP contribution is 2.23. The number of carbonyl (C=O) groups is 1. The van der Waals surface area contributed by atoms with Gasteiger partial charge in [-0.05, 0) is 35.2 Å². The first-order chi connectivity index (χ1) is 11.3. The highest BCUT2D eigenvalue weighted by atomic mass is 35.5. The average molecular weight is 385 g/mol. The number of rotatable bonds is 4. The third-order valence-electron chi connectivity index (χ3n) is 4.20. The van der Waals surface area contributed by atoms with Gasteiger partial charge in [0.15, 0.2) is 0 Å². The molecule has 0 bridgehead atoms. The molecule has 0 saturated heterocycles. The van der Waals surface area contributed by atoms with Gasteiger partial charge in [0, 0.05) is 45.3 Å². The Morgan fingerprint density at radius 3 is 2.76 bits per heavy atom. The molecule has 0 atom stereocenters. The van der Waals surface area contributed by atoms with E-state index in [1.165, 1.54) is 0 Å². The van der Waals surface area contributed by atoms with Crippen LogP contribution in [0.4, 0.5) is 0 Å². The Morgan fingerprint density at radius 2 is 2.12 bits per heavy atom. The smallest absolute Gasteiger partial charge is 0.270 e. The first-order valence-corrected chi connectivity index (χ1v) is 9.54. The fourth-order valence-corrected chi connectivity index (χ4v) is 3.37. The summed E-state index contributed by atoms with van der Waals surface area (Å²) in [7, 11) is -1.40. The third-order valence-corrected chi connectivity index (χ3v) is 4.87. The summed E-state index contributed by atoms with van der Waals surface area (Å²) >= 11 is 0. The van der Waals surface area contributed by atoms with E-state index in [-0.39, 0.29) is 24.9 Å². The molecule has 1 N–H and O–H groups in total. The Kier molecular flexibility index (Phi) is 5.87. The number of sulfonamides is 1. The summed E-state index contributed by atoms with van der Waals surface area (Å²) in [4.78, 5) is 18.6. The number of hydrogen-bond acceptors (Lipinski definition) is 4. The van der Waals surface area contributed by atoms with Crippen molar-refractivity contribution in [2.45, 2.75) is 19.5 Å². The number of halogens is 1. The van der Waals surface area contributed by atoms with Crippen molar-refractivity contribution in [3.8, 4) is 0 Å². The molecule has 2 aromatic rings. The Balaban J connectivity index is 0.00000225.